The summed E-state index contributed by atoms with van der Waals surface area (Å²) < 4.78 is 5.60. The largest absolute Gasteiger partial charge is 0.443 e. The third-order valence-electron chi connectivity index (χ3n) is 4.71. The Morgan fingerprint density at radius 1 is 1.23 bits per heavy atom. The third kappa shape index (κ3) is 2.83. The molecule has 0 unspecified atom stereocenters. The molecule has 0 radical (unpaired) electrons. The van der Waals surface area contributed by atoms with E-state index in [2.05, 4.69) is 6.07 Å². The molecule has 0 saturated heterocycles. The Kier molecular flexibility index (Phi) is 3.88. The van der Waals surface area contributed by atoms with Gasteiger partial charge < -0.3 is 4.74 Å². The smallest absolute Gasteiger partial charge is 0.414 e. The Labute approximate surface area is 137 Å². The molecule has 1 aliphatic carbocycles. The minimum absolute atomic E-state index is 0.0923. The number of nitrogens with zero attached hydrogens (tertiary/aromatic N) is 1. The van der Waals surface area contributed by atoms with Gasteiger partial charge in [0.05, 0.1) is 5.69 Å². The molecule has 3 rings (SSSR count). The highest BCUT2D eigenvalue weighted by molar-refractivity contribution is 6.31. The summed E-state index contributed by atoms with van der Waals surface area (Å²) in [5, 5.41) is 0.667. The lowest BCUT2D eigenvalue weighted by atomic mass is 9.71. The Morgan fingerprint density at radius 3 is 2.55 bits per heavy atom. The van der Waals surface area contributed by atoms with Gasteiger partial charge in [-0.05, 0) is 51.3 Å². The van der Waals surface area contributed by atoms with Gasteiger partial charge in [0.25, 0.3) is 0 Å². The highest BCUT2D eigenvalue weighted by Gasteiger charge is 2.46. The summed E-state index contributed by atoms with van der Waals surface area (Å²) in [6.45, 7) is 6.42. The SMILES string of the molecule is CC(C)(C)OC(=O)N1CC2(CCCCC2)c2ccc(Cl)cc21. The van der Waals surface area contributed by atoms with Crippen LogP contribution in [-0.4, -0.2) is 18.2 Å². The van der Waals surface area contributed by atoms with Gasteiger partial charge >= 0.3 is 6.09 Å². The monoisotopic (exact) mass is 321 g/mol. The van der Waals surface area contributed by atoms with E-state index in [4.69, 9.17) is 16.3 Å². The highest BCUT2D eigenvalue weighted by Crippen LogP contribution is 2.50. The van der Waals surface area contributed by atoms with Crippen LogP contribution < -0.4 is 4.90 Å². The number of benzene rings is 1. The van der Waals surface area contributed by atoms with Crippen LogP contribution in [0.2, 0.25) is 5.02 Å². The minimum Gasteiger partial charge on any atom is -0.443 e. The van der Waals surface area contributed by atoms with Gasteiger partial charge in [-0.15, -0.1) is 0 Å². The van der Waals surface area contributed by atoms with Crippen LogP contribution in [0.4, 0.5) is 10.5 Å². The zero-order valence-electron chi connectivity index (χ0n) is 13.6. The van der Waals surface area contributed by atoms with Crippen LogP contribution in [-0.2, 0) is 10.2 Å². The molecule has 1 fully saturated rings. The molecule has 3 nitrogen and oxygen atoms in total. The van der Waals surface area contributed by atoms with Crippen molar-refractivity contribution >= 4 is 23.4 Å². The molecule has 22 heavy (non-hydrogen) atoms. The van der Waals surface area contributed by atoms with Gasteiger partial charge in [0.1, 0.15) is 5.60 Å². The third-order valence-corrected chi connectivity index (χ3v) is 4.94. The molecule has 1 heterocycles. The molecule has 0 atom stereocenters. The predicted molar refractivity (Wildman–Crippen MR) is 89.8 cm³/mol. The van der Waals surface area contributed by atoms with E-state index in [0.29, 0.717) is 5.02 Å². The fourth-order valence-corrected chi connectivity index (χ4v) is 3.95. The van der Waals surface area contributed by atoms with Gasteiger partial charge in [0.15, 0.2) is 0 Å². The number of amides is 1. The highest BCUT2D eigenvalue weighted by atomic mass is 35.5. The first-order chi connectivity index (χ1) is 10.3. The maximum Gasteiger partial charge on any atom is 0.414 e. The normalized spacial score (nSPS) is 20.1. The number of ether oxygens (including phenoxy) is 1. The summed E-state index contributed by atoms with van der Waals surface area (Å²) in [7, 11) is 0. The van der Waals surface area contributed by atoms with E-state index in [1.54, 1.807) is 4.90 Å². The first-order valence-corrected chi connectivity index (χ1v) is 8.49. The van der Waals surface area contributed by atoms with Crippen LogP contribution in [0.5, 0.6) is 0 Å². The molecule has 0 bridgehead atoms. The Morgan fingerprint density at radius 2 is 1.91 bits per heavy atom. The van der Waals surface area contributed by atoms with Gasteiger partial charge in [0.2, 0.25) is 0 Å². The second-order valence-corrected chi connectivity index (χ2v) is 8.01. The molecular weight excluding hydrogens is 298 g/mol. The average molecular weight is 322 g/mol. The minimum atomic E-state index is -0.488. The number of fused-ring (bicyclic) bond motifs is 2. The topological polar surface area (TPSA) is 29.5 Å². The number of hydrogen-bond donors (Lipinski definition) is 0. The number of halogens is 1. The summed E-state index contributed by atoms with van der Waals surface area (Å²) in [5.41, 5.74) is 1.80. The van der Waals surface area contributed by atoms with Crippen LogP contribution >= 0.6 is 11.6 Å². The van der Waals surface area contributed by atoms with Crippen molar-refractivity contribution in [1.82, 2.24) is 0 Å². The van der Waals surface area contributed by atoms with Crippen molar-refractivity contribution in [2.75, 3.05) is 11.4 Å². The quantitative estimate of drug-likeness (QED) is 0.649. The van der Waals surface area contributed by atoms with Crippen LogP contribution in [0.1, 0.15) is 58.4 Å². The lowest BCUT2D eigenvalue weighted by Crippen LogP contribution is -2.41. The first kappa shape index (κ1) is 15.7. The molecule has 1 saturated carbocycles. The molecule has 4 heteroatoms. The van der Waals surface area contributed by atoms with Gasteiger partial charge in [-0.2, -0.15) is 0 Å². The summed E-state index contributed by atoms with van der Waals surface area (Å²) in [5.74, 6) is 0. The molecular formula is C18H24ClNO2. The zero-order valence-corrected chi connectivity index (χ0v) is 14.4. The summed E-state index contributed by atoms with van der Waals surface area (Å²) in [4.78, 5) is 14.4. The number of anilines is 1. The number of rotatable bonds is 0. The van der Waals surface area contributed by atoms with E-state index in [0.717, 1.165) is 25.1 Å². The fourth-order valence-electron chi connectivity index (χ4n) is 3.79. The number of hydrogen-bond acceptors (Lipinski definition) is 2. The zero-order chi connectivity index (χ0) is 16.0. The van der Waals surface area contributed by atoms with E-state index in [1.807, 2.05) is 32.9 Å². The van der Waals surface area contributed by atoms with Crippen LogP contribution in [0.25, 0.3) is 0 Å². The van der Waals surface area contributed by atoms with Gasteiger partial charge in [-0.3, -0.25) is 4.90 Å². The number of carbonyl (C=O) groups excluding carboxylic acids is 1. The maximum absolute atomic E-state index is 12.6. The fraction of sp³-hybridized carbons (Fsp3) is 0.611. The molecule has 120 valence electrons. The molecule has 1 aromatic rings. The molecule has 0 N–H and O–H groups in total. The molecule has 0 aromatic heterocycles. The summed E-state index contributed by atoms with van der Waals surface area (Å²) in [6.07, 6.45) is 5.76. The van der Waals surface area contributed by atoms with Gasteiger partial charge in [0, 0.05) is 17.0 Å². The Hall–Kier alpha value is -1.22. The van der Waals surface area contributed by atoms with Crippen molar-refractivity contribution in [2.45, 2.75) is 63.9 Å². The van der Waals surface area contributed by atoms with E-state index in [1.165, 1.54) is 24.8 Å². The molecule has 1 aromatic carbocycles. The molecule has 2 aliphatic rings. The van der Waals surface area contributed by atoms with Gasteiger partial charge in [-0.25, -0.2) is 4.79 Å². The van der Waals surface area contributed by atoms with Crippen LogP contribution in [0.15, 0.2) is 18.2 Å². The van der Waals surface area contributed by atoms with E-state index >= 15 is 0 Å². The van der Waals surface area contributed by atoms with Crippen molar-refractivity contribution < 1.29 is 9.53 Å². The molecule has 1 spiro atoms. The van der Waals surface area contributed by atoms with Crippen molar-refractivity contribution in [3.05, 3.63) is 28.8 Å². The van der Waals surface area contributed by atoms with Gasteiger partial charge in [-0.1, -0.05) is 36.9 Å². The first-order valence-electron chi connectivity index (χ1n) is 8.11. The average Bonchev–Trinajstić information content (AvgIpc) is 2.72. The Balaban J connectivity index is 1.97. The Bertz CT molecular complexity index is 585. The lowest BCUT2D eigenvalue weighted by molar-refractivity contribution is 0.0575. The van der Waals surface area contributed by atoms with Crippen molar-refractivity contribution in [2.24, 2.45) is 0 Å². The maximum atomic E-state index is 12.6. The summed E-state index contributed by atoms with van der Waals surface area (Å²) >= 11 is 6.18. The van der Waals surface area contributed by atoms with Crippen LogP contribution in [0.3, 0.4) is 0 Å². The second kappa shape index (κ2) is 5.45. The molecule has 1 aliphatic heterocycles. The van der Waals surface area contributed by atoms with Crippen LogP contribution in [0, 0.1) is 0 Å². The van der Waals surface area contributed by atoms with E-state index in [9.17, 15) is 4.79 Å². The van der Waals surface area contributed by atoms with Crippen molar-refractivity contribution in [3.63, 3.8) is 0 Å². The van der Waals surface area contributed by atoms with E-state index < -0.39 is 5.60 Å². The molecule has 1 amide bonds. The van der Waals surface area contributed by atoms with E-state index in [-0.39, 0.29) is 11.5 Å². The predicted octanol–water partition coefficient (Wildman–Crippen LogP) is 5.30. The van der Waals surface area contributed by atoms with Crippen molar-refractivity contribution in [1.29, 1.82) is 0 Å². The standard InChI is InChI=1S/C18H24ClNO2/c1-17(2,3)22-16(21)20-12-18(9-5-4-6-10-18)14-8-7-13(19)11-15(14)20/h7-8,11H,4-6,9-10,12H2,1-3H3. The lowest BCUT2D eigenvalue weighted by Gasteiger charge is -2.34. The second-order valence-electron chi connectivity index (χ2n) is 7.57. The van der Waals surface area contributed by atoms with Crippen molar-refractivity contribution in [3.8, 4) is 0 Å². The summed E-state index contributed by atoms with van der Waals surface area (Å²) in [6, 6.07) is 5.95. The number of carbonyl (C=O) groups is 1.